The molecule has 0 aliphatic rings. The van der Waals surface area contributed by atoms with Crippen LogP contribution < -0.4 is 0 Å². The first-order valence-corrected chi connectivity index (χ1v) is 28.4. The Kier molecular flexibility index (Phi) is 52.8. The van der Waals surface area contributed by atoms with Crippen molar-refractivity contribution in [2.75, 3.05) is 13.2 Å². The van der Waals surface area contributed by atoms with Gasteiger partial charge in [-0.1, -0.05) is 241 Å². The van der Waals surface area contributed by atoms with Crippen LogP contribution >= 0.6 is 0 Å². The lowest BCUT2D eigenvalue weighted by molar-refractivity contribution is -0.167. The molecular weight excluding hydrogens is 829 g/mol. The minimum absolute atomic E-state index is 0.0899. The first-order valence-electron chi connectivity index (χ1n) is 28.4. The minimum Gasteiger partial charge on any atom is -0.462 e. The van der Waals surface area contributed by atoms with Gasteiger partial charge in [-0.2, -0.15) is 0 Å². The van der Waals surface area contributed by atoms with Crippen LogP contribution in [0.4, 0.5) is 0 Å². The Morgan fingerprint density at radius 3 is 0.940 bits per heavy atom. The van der Waals surface area contributed by atoms with Crippen molar-refractivity contribution >= 4 is 17.9 Å². The highest BCUT2D eigenvalue weighted by Gasteiger charge is 2.19. The van der Waals surface area contributed by atoms with Crippen LogP contribution in [0, 0.1) is 0 Å². The van der Waals surface area contributed by atoms with E-state index in [9.17, 15) is 14.4 Å². The summed E-state index contributed by atoms with van der Waals surface area (Å²) in [5.74, 6) is -0.917. The van der Waals surface area contributed by atoms with Crippen LogP contribution in [-0.2, 0) is 28.6 Å². The summed E-state index contributed by atoms with van der Waals surface area (Å²) < 4.78 is 16.8. The van der Waals surface area contributed by atoms with Crippen molar-refractivity contribution in [1.29, 1.82) is 0 Å². The van der Waals surface area contributed by atoms with Crippen LogP contribution in [0.1, 0.15) is 278 Å². The molecule has 0 rings (SSSR count). The normalized spacial score (nSPS) is 12.6. The van der Waals surface area contributed by atoms with Crippen LogP contribution in [0.2, 0.25) is 0 Å². The molecule has 0 fully saturated rings. The summed E-state index contributed by atoms with van der Waals surface area (Å²) in [6.07, 6.45) is 70.3. The zero-order valence-electron chi connectivity index (χ0n) is 44.2. The SMILES string of the molecule is CC/C=C/C/C=C/C/C=C/CCCCCCCC(=O)OC[C@H](COC(=O)CCCCCC/C=C/C/C=C/C/C=C/CCCCC)OC(=O)CCCCCCCCCCCCCCCCCCC. The summed E-state index contributed by atoms with van der Waals surface area (Å²) in [5, 5.41) is 0. The van der Waals surface area contributed by atoms with E-state index in [1.54, 1.807) is 0 Å². The molecule has 0 saturated carbocycles. The number of hydrogen-bond donors (Lipinski definition) is 0. The van der Waals surface area contributed by atoms with Crippen LogP contribution in [0.3, 0.4) is 0 Å². The largest absolute Gasteiger partial charge is 0.462 e. The second kappa shape index (κ2) is 55.4. The van der Waals surface area contributed by atoms with E-state index in [4.69, 9.17) is 14.2 Å². The zero-order valence-corrected chi connectivity index (χ0v) is 44.2. The maximum atomic E-state index is 12.9. The summed E-state index contributed by atoms with van der Waals surface area (Å²) >= 11 is 0. The Hall–Kier alpha value is -3.15. The molecule has 0 aromatic carbocycles. The maximum absolute atomic E-state index is 12.9. The van der Waals surface area contributed by atoms with Crippen LogP contribution in [0.5, 0.6) is 0 Å². The molecule has 0 saturated heterocycles. The minimum atomic E-state index is -0.790. The molecule has 67 heavy (non-hydrogen) atoms. The second-order valence-corrected chi connectivity index (χ2v) is 18.8. The maximum Gasteiger partial charge on any atom is 0.306 e. The summed E-state index contributed by atoms with van der Waals surface area (Å²) in [7, 11) is 0. The average Bonchev–Trinajstić information content (AvgIpc) is 3.33. The molecule has 0 aromatic heterocycles. The fraction of sp³-hybridized carbons (Fsp3) is 0.754. The Labute approximate surface area is 414 Å². The average molecular weight is 936 g/mol. The van der Waals surface area contributed by atoms with Gasteiger partial charge in [-0.3, -0.25) is 14.4 Å². The molecule has 0 unspecified atom stereocenters. The molecule has 0 N–H and O–H groups in total. The predicted molar refractivity (Wildman–Crippen MR) is 288 cm³/mol. The number of allylic oxidation sites excluding steroid dienone is 12. The predicted octanol–water partition coefficient (Wildman–Crippen LogP) is 19.0. The number of hydrogen-bond acceptors (Lipinski definition) is 6. The first kappa shape index (κ1) is 63.8. The Bertz CT molecular complexity index is 1260. The number of rotatable bonds is 51. The van der Waals surface area contributed by atoms with Crippen molar-refractivity contribution in [2.24, 2.45) is 0 Å². The van der Waals surface area contributed by atoms with Gasteiger partial charge in [0.05, 0.1) is 0 Å². The number of ether oxygens (including phenoxy) is 3. The Morgan fingerprint density at radius 1 is 0.313 bits per heavy atom. The van der Waals surface area contributed by atoms with E-state index < -0.39 is 6.10 Å². The molecule has 1 atom stereocenters. The third kappa shape index (κ3) is 53.7. The quantitative estimate of drug-likeness (QED) is 0.0262. The number of esters is 3. The third-order valence-electron chi connectivity index (χ3n) is 12.2. The second-order valence-electron chi connectivity index (χ2n) is 18.8. The van der Waals surface area contributed by atoms with Crippen LogP contribution in [0.25, 0.3) is 0 Å². The number of carbonyl (C=O) groups excluding carboxylic acids is 3. The fourth-order valence-electron chi connectivity index (χ4n) is 7.93. The molecule has 0 aromatic rings. The highest BCUT2D eigenvalue weighted by atomic mass is 16.6. The van der Waals surface area contributed by atoms with Crippen molar-refractivity contribution in [3.63, 3.8) is 0 Å². The van der Waals surface area contributed by atoms with Gasteiger partial charge in [0.25, 0.3) is 0 Å². The molecule has 6 heteroatoms. The lowest BCUT2D eigenvalue weighted by Crippen LogP contribution is -2.30. The Balaban J connectivity index is 4.43. The summed E-state index contributed by atoms with van der Waals surface area (Å²) in [6.45, 7) is 6.49. The molecule has 0 radical (unpaired) electrons. The third-order valence-corrected chi connectivity index (χ3v) is 12.2. The molecule has 0 heterocycles. The monoisotopic (exact) mass is 935 g/mol. The standard InChI is InChI=1S/C61H106O6/c1-4-7-10-13-16-19-22-25-28-30-33-36-39-42-45-48-51-54-60(63)66-57-58(56-65-59(62)53-50-47-44-41-38-35-32-27-24-21-18-15-12-9-6-3)67-61(64)55-52-49-46-43-40-37-34-31-29-26-23-20-17-14-11-8-5-2/h9,12,16,18-19,21,25,27-28,32-33,36,58H,4-8,10-11,13-15,17,20,22-24,26,29-31,34-35,37-57H2,1-3H3/b12-9+,19-16+,21-18+,28-25+,32-27+,36-33+/t58-/m1/s1. The number of carbonyl (C=O) groups is 3. The van der Waals surface area contributed by atoms with Gasteiger partial charge in [-0.15, -0.1) is 0 Å². The van der Waals surface area contributed by atoms with E-state index in [-0.39, 0.29) is 31.1 Å². The molecule has 6 nitrogen and oxygen atoms in total. The lowest BCUT2D eigenvalue weighted by Gasteiger charge is -2.18. The molecule has 386 valence electrons. The molecule has 0 amide bonds. The van der Waals surface area contributed by atoms with Crippen molar-refractivity contribution in [2.45, 2.75) is 284 Å². The van der Waals surface area contributed by atoms with Crippen molar-refractivity contribution in [3.8, 4) is 0 Å². The molecule has 0 spiro atoms. The van der Waals surface area contributed by atoms with Gasteiger partial charge in [0.2, 0.25) is 0 Å². The van der Waals surface area contributed by atoms with Gasteiger partial charge in [0, 0.05) is 19.3 Å². The van der Waals surface area contributed by atoms with Crippen molar-refractivity contribution < 1.29 is 28.6 Å². The highest BCUT2D eigenvalue weighted by Crippen LogP contribution is 2.16. The van der Waals surface area contributed by atoms with Crippen LogP contribution in [-0.4, -0.2) is 37.2 Å². The molecule has 0 aliphatic carbocycles. The molecular formula is C61H106O6. The summed E-state index contributed by atoms with van der Waals surface area (Å²) in [5.41, 5.74) is 0. The molecule has 0 aliphatic heterocycles. The number of unbranched alkanes of at least 4 members (excludes halogenated alkanes) is 28. The summed E-state index contributed by atoms with van der Waals surface area (Å²) in [6, 6.07) is 0. The zero-order chi connectivity index (χ0) is 48.6. The van der Waals surface area contributed by atoms with Gasteiger partial charge in [0.1, 0.15) is 13.2 Å². The molecule has 0 bridgehead atoms. The van der Waals surface area contributed by atoms with Crippen molar-refractivity contribution in [3.05, 3.63) is 72.9 Å². The van der Waals surface area contributed by atoms with Gasteiger partial charge in [-0.05, 0) is 89.9 Å². The van der Waals surface area contributed by atoms with Crippen LogP contribution in [0.15, 0.2) is 72.9 Å². The Morgan fingerprint density at radius 2 is 0.582 bits per heavy atom. The van der Waals surface area contributed by atoms with E-state index in [1.807, 2.05) is 0 Å². The lowest BCUT2D eigenvalue weighted by atomic mass is 10.0. The van der Waals surface area contributed by atoms with E-state index in [2.05, 4.69) is 93.7 Å². The van der Waals surface area contributed by atoms with E-state index in [0.29, 0.717) is 19.3 Å². The van der Waals surface area contributed by atoms with Gasteiger partial charge < -0.3 is 14.2 Å². The van der Waals surface area contributed by atoms with Gasteiger partial charge in [-0.25, -0.2) is 0 Å². The smallest absolute Gasteiger partial charge is 0.306 e. The summed E-state index contributed by atoms with van der Waals surface area (Å²) in [4.78, 5) is 38.1. The highest BCUT2D eigenvalue weighted by molar-refractivity contribution is 5.71. The first-order chi connectivity index (χ1) is 33.0. The van der Waals surface area contributed by atoms with E-state index in [0.717, 1.165) is 122 Å². The van der Waals surface area contributed by atoms with E-state index >= 15 is 0 Å². The van der Waals surface area contributed by atoms with Gasteiger partial charge in [0.15, 0.2) is 6.10 Å². The van der Waals surface area contributed by atoms with Gasteiger partial charge >= 0.3 is 17.9 Å². The topological polar surface area (TPSA) is 78.9 Å². The van der Waals surface area contributed by atoms with E-state index in [1.165, 1.54) is 116 Å². The van der Waals surface area contributed by atoms with Crippen molar-refractivity contribution in [1.82, 2.24) is 0 Å². The fourth-order valence-corrected chi connectivity index (χ4v) is 7.93.